The molecule has 2 aliphatic rings. The highest BCUT2D eigenvalue weighted by molar-refractivity contribution is 5.98. The summed E-state index contributed by atoms with van der Waals surface area (Å²) in [5.74, 6) is -0.328. The fraction of sp³-hybridized carbons (Fsp3) is 0.271. The number of hydrogen-bond acceptors (Lipinski definition) is 7. The van der Waals surface area contributed by atoms with Gasteiger partial charge in [0.2, 0.25) is 0 Å². The fourth-order valence-electron chi connectivity index (χ4n) is 7.58. The van der Waals surface area contributed by atoms with Gasteiger partial charge in [-0.3, -0.25) is 0 Å². The molecule has 7 heteroatoms. The normalized spacial score (nSPS) is 14.2. The van der Waals surface area contributed by atoms with Gasteiger partial charge in [-0.25, -0.2) is 4.79 Å². The van der Waals surface area contributed by atoms with Crippen LogP contribution >= 0.6 is 0 Å². The van der Waals surface area contributed by atoms with Gasteiger partial charge in [0.25, 0.3) is 0 Å². The molecule has 2 heterocycles. The van der Waals surface area contributed by atoms with Gasteiger partial charge < -0.3 is 29.2 Å². The van der Waals surface area contributed by atoms with Gasteiger partial charge in [-0.1, -0.05) is 48.5 Å². The van der Waals surface area contributed by atoms with Crippen LogP contribution in [-0.2, 0) is 10.3 Å². The smallest absolute Gasteiger partial charge is 0.340 e. The number of anilines is 5. The Morgan fingerprint density at radius 3 is 1.20 bits per heavy atom. The Morgan fingerprint density at radius 2 is 0.873 bits per heavy atom. The maximum absolute atomic E-state index is 14.2. The molecule has 5 aromatic rings. The van der Waals surface area contributed by atoms with E-state index in [0.29, 0.717) is 5.56 Å². The molecule has 5 aromatic carbocycles. The lowest BCUT2D eigenvalue weighted by molar-refractivity contribution is 0.0299. The van der Waals surface area contributed by atoms with Crippen molar-refractivity contribution in [2.75, 3.05) is 94.0 Å². The van der Waals surface area contributed by atoms with Crippen LogP contribution in [0.15, 0.2) is 127 Å². The molecule has 7 rings (SSSR count). The van der Waals surface area contributed by atoms with Gasteiger partial charge in [0, 0.05) is 103 Å². The highest BCUT2D eigenvalue weighted by Gasteiger charge is 2.44. The van der Waals surface area contributed by atoms with E-state index in [1.54, 1.807) is 0 Å². The molecule has 0 spiro atoms. The van der Waals surface area contributed by atoms with Crippen LogP contribution in [0.4, 0.5) is 28.4 Å². The average Bonchev–Trinajstić information content (AvgIpc) is 3.83. The number of carbonyl (C=O) groups excluding carboxylic acids is 1. The Bertz CT molecular complexity index is 1970. The minimum atomic E-state index is -1.24. The number of esters is 1. The molecule has 0 radical (unpaired) electrons. The minimum absolute atomic E-state index is 0.328. The summed E-state index contributed by atoms with van der Waals surface area (Å²) in [5, 5.41) is 0. The van der Waals surface area contributed by atoms with Gasteiger partial charge in [0.05, 0.1) is 5.56 Å². The second kappa shape index (κ2) is 15.4. The summed E-state index contributed by atoms with van der Waals surface area (Å²) < 4.78 is 6.79. The summed E-state index contributed by atoms with van der Waals surface area (Å²) in [6.45, 7) is 1.99. The third-order valence-electron chi connectivity index (χ3n) is 10.9. The van der Waals surface area contributed by atoms with Crippen molar-refractivity contribution in [3.63, 3.8) is 0 Å². The van der Waals surface area contributed by atoms with Crippen molar-refractivity contribution < 1.29 is 9.53 Å². The van der Waals surface area contributed by atoms with Crippen molar-refractivity contribution in [2.45, 2.75) is 18.4 Å². The second-order valence-electron chi connectivity index (χ2n) is 15.5. The molecule has 0 aliphatic carbocycles. The van der Waals surface area contributed by atoms with Gasteiger partial charge >= 0.3 is 5.97 Å². The molecule has 1 saturated heterocycles. The molecule has 0 amide bonds. The van der Waals surface area contributed by atoms with E-state index in [1.165, 1.54) is 0 Å². The molecular formula is C48H53N5O2. The summed E-state index contributed by atoms with van der Waals surface area (Å²) in [7, 11) is 16.4. The first-order valence-electron chi connectivity index (χ1n) is 19.1. The van der Waals surface area contributed by atoms with Crippen LogP contribution in [0.5, 0.6) is 0 Å². The molecule has 0 atom stereocenters. The zero-order chi connectivity index (χ0) is 38.9. The molecule has 0 aromatic heterocycles. The van der Waals surface area contributed by atoms with Crippen molar-refractivity contribution in [1.82, 2.24) is 0 Å². The molecule has 7 nitrogen and oxygen atoms in total. The average molecular weight is 732 g/mol. The van der Waals surface area contributed by atoms with E-state index in [1.807, 2.05) is 6.07 Å². The standard InChI is InChI=1S/C48H53N5O2/c1-49(2)38-19-11-34(12-20-38)44(35-13-21-39(22-14-35)50(3)4)32-48(46-31-42(53-29-9-10-30-53)27-28-43(46)47(54)55-48)33-45(36-15-23-40(24-16-36)51(5)6)37-17-25-41(26-18-37)52(7)8/h11-28,31-33H,9-10,29-30H2,1-8H3. The Balaban J connectivity index is 1.53. The molecule has 282 valence electrons. The van der Waals surface area contributed by atoms with Gasteiger partial charge in [0.1, 0.15) is 0 Å². The molecule has 0 bridgehead atoms. The van der Waals surface area contributed by atoms with Crippen LogP contribution in [0.3, 0.4) is 0 Å². The zero-order valence-electron chi connectivity index (χ0n) is 33.5. The van der Waals surface area contributed by atoms with Crippen molar-refractivity contribution in [3.05, 3.63) is 161 Å². The van der Waals surface area contributed by atoms with Gasteiger partial charge in [-0.15, -0.1) is 0 Å². The van der Waals surface area contributed by atoms with E-state index >= 15 is 0 Å². The Kier molecular flexibility index (Phi) is 10.5. The van der Waals surface area contributed by atoms with Gasteiger partial charge in [0.15, 0.2) is 5.60 Å². The number of hydrogen-bond donors (Lipinski definition) is 0. The fourth-order valence-corrected chi connectivity index (χ4v) is 7.58. The highest BCUT2D eigenvalue weighted by Crippen LogP contribution is 2.46. The van der Waals surface area contributed by atoms with E-state index in [0.717, 1.165) is 93.3 Å². The lowest BCUT2D eigenvalue weighted by atomic mass is 9.82. The third kappa shape index (κ3) is 7.70. The minimum Gasteiger partial charge on any atom is -0.442 e. The predicted molar refractivity (Wildman–Crippen MR) is 232 cm³/mol. The highest BCUT2D eigenvalue weighted by atomic mass is 16.6. The number of nitrogens with zero attached hydrogens (tertiary/aromatic N) is 5. The first kappa shape index (κ1) is 37.4. The van der Waals surface area contributed by atoms with E-state index in [2.05, 4.69) is 202 Å². The molecule has 55 heavy (non-hydrogen) atoms. The van der Waals surface area contributed by atoms with E-state index in [9.17, 15) is 4.79 Å². The first-order chi connectivity index (χ1) is 26.4. The number of cyclic esters (lactones) is 1. The number of rotatable bonds is 11. The second-order valence-corrected chi connectivity index (χ2v) is 15.5. The van der Waals surface area contributed by atoms with Crippen molar-refractivity contribution in [1.29, 1.82) is 0 Å². The first-order valence-corrected chi connectivity index (χ1v) is 19.1. The quantitative estimate of drug-likeness (QED) is 0.126. The van der Waals surface area contributed by atoms with Crippen molar-refractivity contribution >= 4 is 45.6 Å². The van der Waals surface area contributed by atoms with E-state index in [-0.39, 0.29) is 5.97 Å². The summed E-state index contributed by atoms with van der Waals surface area (Å²) in [5.41, 5.74) is 11.8. The van der Waals surface area contributed by atoms with Crippen LogP contribution in [-0.4, -0.2) is 75.4 Å². The van der Waals surface area contributed by atoms with Crippen LogP contribution in [0, 0.1) is 0 Å². The monoisotopic (exact) mass is 731 g/mol. The maximum atomic E-state index is 14.2. The summed E-state index contributed by atoms with van der Waals surface area (Å²) in [6, 6.07) is 40.7. The van der Waals surface area contributed by atoms with Crippen molar-refractivity contribution in [2.24, 2.45) is 0 Å². The molecule has 2 aliphatic heterocycles. The topological polar surface area (TPSA) is 42.5 Å². The number of fused-ring (bicyclic) bond motifs is 1. The Labute approximate surface area is 327 Å². The molecule has 0 unspecified atom stereocenters. The SMILES string of the molecule is CN(C)c1ccc(C(=CC2(C=C(c3ccc(N(C)C)cc3)c3ccc(N(C)C)cc3)OC(=O)c3ccc(N4CCCC4)cc32)c2ccc(N(C)C)cc2)cc1. The van der Waals surface area contributed by atoms with Crippen molar-refractivity contribution in [3.8, 4) is 0 Å². The molecule has 1 fully saturated rings. The van der Waals surface area contributed by atoms with Crippen LogP contribution in [0.1, 0.15) is 51.0 Å². The number of carbonyl (C=O) groups is 1. The molecular weight excluding hydrogens is 679 g/mol. The third-order valence-corrected chi connectivity index (χ3v) is 10.9. The predicted octanol–water partition coefficient (Wildman–Crippen LogP) is 9.18. The number of ether oxygens (including phenoxy) is 1. The van der Waals surface area contributed by atoms with E-state index in [4.69, 9.17) is 4.74 Å². The lowest BCUT2D eigenvalue weighted by Gasteiger charge is -2.28. The maximum Gasteiger partial charge on any atom is 0.340 e. The molecule has 0 N–H and O–H groups in total. The van der Waals surface area contributed by atoms with Crippen LogP contribution in [0.25, 0.3) is 11.1 Å². The Morgan fingerprint density at radius 1 is 0.527 bits per heavy atom. The van der Waals surface area contributed by atoms with Crippen LogP contribution in [0.2, 0.25) is 0 Å². The summed E-state index contributed by atoms with van der Waals surface area (Å²) in [6.07, 6.45) is 6.68. The largest absolute Gasteiger partial charge is 0.442 e. The van der Waals surface area contributed by atoms with E-state index < -0.39 is 5.60 Å². The summed E-state index contributed by atoms with van der Waals surface area (Å²) in [4.78, 5) is 25.0. The Hall–Kier alpha value is -5.95. The summed E-state index contributed by atoms with van der Waals surface area (Å²) >= 11 is 0. The molecule has 0 saturated carbocycles. The van der Waals surface area contributed by atoms with Crippen LogP contribution < -0.4 is 24.5 Å². The lowest BCUT2D eigenvalue weighted by Crippen LogP contribution is -2.24. The zero-order valence-corrected chi connectivity index (χ0v) is 33.5. The van der Waals surface area contributed by atoms with Gasteiger partial charge in [-0.2, -0.15) is 0 Å². The number of benzene rings is 5. The van der Waals surface area contributed by atoms with Gasteiger partial charge in [-0.05, 0) is 125 Å².